The van der Waals surface area contributed by atoms with Crippen molar-refractivity contribution in [2.24, 2.45) is 0 Å². The molecule has 0 aliphatic heterocycles. The molecular weight excluding hydrogens is 266 g/mol. The maximum atomic E-state index is 12.3. The zero-order valence-corrected chi connectivity index (χ0v) is 12.5. The Balaban J connectivity index is 2.02. The first-order valence-electron chi connectivity index (χ1n) is 7.27. The number of rotatable bonds is 4. The van der Waals surface area contributed by atoms with Crippen molar-refractivity contribution in [1.29, 1.82) is 0 Å². The highest BCUT2D eigenvalue weighted by molar-refractivity contribution is 5.97. The van der Waals surface area contributed by atoms with Crippen molar-refractivity contribution in [3.63, 3.8) is 0 Å². The van der Waals surface area contributed by atoms with E-state index in [9.17, 15) is 4.79 Å². The van der Waals surface area contributed by atoms with Gasteiger partial charge in [0, 0.05) is 18.2 Å². The number of hydrogen-bond donors (Lipinski definition) is 2. The van der Waals surface area contributed by atoms with Gasteiger partial charge in [-0.15, -0.1) is 0 Å². The van der Waals surface area contributed by atoms with Gasteiger partial charge in [0.1, 0.15) is 6.61 Å². The summed E-state index contributed by atoms with van der Waals surface area (Å²) in [7, 11) is 0. The summed E-state index contributed by atoms with van der Waals surface area (Å²) in [6, 6.07) is 5.71. The SMILES string of the molecule is CCOC1CC(NC(=O)c2ccc(C)cc2C#CCO)C1. The van der Waals surface area contributed by atoms with Gasteiger partial charge in [0.2, 0.25) is 0 Å². The Hall–Kier alpha value is -1.83. The van der Waals surface area contributed by atoms with Crippen LogP contribution in [0.3, 0.4) is 0 Å². The largest absolute Gasteiger partial charge is 0.384 e. The molecule has 0 heterocycles. The van der Waals surface area contributed by atoms with E-state index < -0.39 is 0 Å². The summed E-state index contributed by atoms with van der Waals surface area (Å²) in [4.78, 5) is 12.3. The maximum absolute atomic E-state index is 12.3. The van der Waals surface area contributed by atoms with Gasteiger partial charge in [0.15, 0.2) is 0 Å². The first-order valence-corrected chi connectivity index (χ1v) is 7.27. The molecule has 2 rings (SSSR count). The molecule has 0 unspecified atom stereocenters. The van der Waals surface area contributed by atoms with Crippen LogP contribution >= 0.6 is 0 Å². The maximum Gasteiger partial charge on any atom is 0.252 e. The molecule has 4 heteroatoms. The van der Waals surface area contributed by atoms with Gasteiger partial charge in [-0.3, -0.25) is 4.79 Å². The summed E-state index contributed by atoms with van der Waals surface area (Å²) < 4.78 is 5.49. The Morgan fingerprint density at radius 2 is 2.24 bits per heavy atom. The lowest BCUT2D eigenvalue weighted by Gasteiger charge is -2.35. The number of hydrogen-bond acceptors (Lipinski definition) is 3. The molecule has 1 amide bonds. The number of amides is 1. The van der Waals surface area contributed by atoms with E-state index in [0.717, 1.165) is 18.4 Å². The number of aliphatic hydroxyl groups excluding tert-OH is 1. The third kappa shape index (κ3) is 4.07. The normalized spacial score (nSPS) is 20.1. The van der Waals surface area contributed by atoms with Crippen LogP contribution in [0, 0.1) is 18.8 Å². The van der Waals surface area contributed by atoms with E-state index in [-0.39, 0.29) is 24.7 Å². The van der Waals surface area contributed by atoms with Crippen LogP contribution in [0.1, 0.15) is 41.3 Å². The van der Waals surface area contributed by atoms with Crippen molar-refractivity contribution in [2.45, 2.75) is 38.8 Å². The summed E-state index contributed by atoms with van der Waals surface area (Å²) in [6.45, 7) is 4.42. The number of carbonyl (C=O) groups is 1. The molecule has 0 atom stereocenters. The quantitative estimate of drug-likeness (QED) is 0.828. The fraction of sp³-hybridized carbons (Fsp3) is 0.471. The smallest absolute Gasteiger partial charge is 0.252 e. The molecule has 0 radical (unpaired) electrons. The lowest BCUT2D eigenvalue weighted by atomic mass is 9.89. The van der Waals surface area contributed by atoms with Gasteiger partial charge in [-0.05, 0) is 44.4 Å². The molecule has 2 N–H and O–H groups in total. The fourth-order valence-corrected chi connectivity index (χ4v) is 2.41. The Bertz CT molecular complexity index is 565. The van der Waals surface area contributed by atoms with Gasteiger partial charge in [0.25, 0.3) is 5.91 Å². The molecule has 1 aromatic carbocycles. The van der Waals surface area contributed by atoms with E-state index >= 15 is 0 Å². The van der Waals surface area contributed by atoms with Gasteiger partial charge in [-0.1, -0.05) is 17.9 Å². The average molecular weight is 287 g/mol. The van der Waals surface area contributed by atoms with Crippen LogP contribution in [0.5, 0.6) is 0 Å². The molecule has 1 aromatic rings. The predicted molar refractivity (Wildman–Crippen MR) is 81.0 cm³/mol. The number of benzene rings is 1. The third-order valence-corrected chi connectivity index (χ3v) is 3.55. The number of ether oxygens (including phenoxy) is 1. The van der Waals surface area contributed by atoms with Gasteiger partial charge in [0.05, 0.1) is 11.7 Å². The topological polar surface area (TPSA) is 58.6 Å². The van der Waals surface area contributed by atoms with Crippen molar-refractivity contribution in [3.8, 4) is 11.8 Å². The van der Waals surface area contributed by atoms with Gasteiger partial charge in [-0.25, -0.2) is 0 Å². The van der Waals surface area contributed by atoms with E-state index in [1.807, 2.05) is 26.0 Å². The molecule has 4 nitrogen and oxygen atoms in total. The van der Waals surface area contributed by atoms with Crippen molar-refractivity contribution >= 4 is 5.91 Å². The Morgan fingerprint density at radius 3 is 2.90 bits per heavy atom. The van der Waals surface area contributed by atoms with Crippen molar-refractivity contribution in [3.05, 3.63) is 34.9 Å². The Morgan fingerprint density at radius 1 is 1.48 bits per heavy atom. The Kier molecular flexibility index (Phi) is 5.38. The molecule has 0 spiro atoms. The average Bonchev–Trinajstić information content (AvgIpc) is 2.42. The zero-order valence-electron chi connectivity index (χ0n) is 12.5. The van der Waals surface area contributed by atoms with Crippen molar-refractivity contribution < 1.29 is 14.6 Å². The molecule has 0 saturated heterocycles. The minimum Gasteiger partial charge on any atom is -0.384 e. The van der Waals surface area contributed by atoms with Crippen LogP contribution in [-0.4, -0.2) is 36.4 Å². The lowest BCUT2D eigenvalue weighted by Crippen LogP contribution is -2.47. The second-order valence-electron chi connectivity index (χ2n) is 5.23. The highest BCUT2D eigenvalue weighted by Crippen LogP contribution is 2.24. The molecule has 1 aliphatic rings. The minimum absolute atomic E-state index is 0.114. The van der Waals surface area contributed by atoms with Crippen LogP contribution in [-0.2, 0) is 4.74 Å². The molecular formula is C17H21NO3. The Labute approximate surface area is 125 Å². The lowest BCUT2D eigenvalue weighted by molar-refractivity contribution is -0.00862. The van der Waals surface area contributed by atoms with E-state index in [4.69, 9.17) is 9.84 Å². The minimum atomic E-state index is -0.215. The summed E-state index contributed by atoms with van der Waals surface area (Å²) in [5.74, 6) is 5.32. The van der Waals surface area contributed by atoms with Gasteiger partial charge >= 0.3 is 0 Å². The van der Waals surface area contributed by atoms with E-state index in [2.05, 4.69) is 17.2 Å². The fourth-order valence-electron chi connectivity index (χ4n) is 2.41. The third-order valence-electron chi connectivity index (χ3n) is 3.55. The van der Waals surface area contributed by atoms with Gasteiger partial charge in [-0.2, -0.15) is 0 Å². The van der Waals surface area contributed by atoms with Crippen molar-refractivity contribution in [2.75, 3.05) is 13.2 Å². The molecule has 112 valence electrons. The molecule has 0 bridgehead atoms. The van der Waals surface area contributed by atoms with Crippen LogP contribution in [0.2, 0.25) is 0 Å². The van der Waals surface area contributed by atoms with Crippen LogP contribution in [0.25, 0.3) is 0 Å². The second-order valence-corrected chi connectivity index (χ2v) is 5.23. The standard InChI is InChI=1S/C17H21NO3/c1-3-21-15-10-14(11-15)18-17(20)16-7-6-12(2)9-13(16)5-4-8-19/h6-7,9,14-15,19H,3,8,10-11H2,1-2H3,(H,18,20). The predicted octanol–water partition coefficient (Wildman–Crippen LogP) is 1.64. The van der Waals surface area contributed by atoms with Crippen molar-refractivity contribution in [1.82, 2.24) is 5.32 Å². The summed E-state index contributed by atoms with van der Waals surface area (Å²) in [5, 5.41) is 11.8. The zero-order chi connectivity index (χ0) is 15.2. The molecule has 21 heavy (non-hydrogen) atoms. The summed E-state index contributed by atoms with van der Waals surface area (Å²) in [6.07, 6.45) is 2.00. The second kappa shape index (κ2) is 7.26. The molecule has 1 fully saturated rings. The highest BCUT2D eigenvalue weighted by atomic mass is 16.5. The molecule has 1 saturated carbocycles. The van der Waals surface area contributed by atoms with E-state index in [1.165, 1.54) is 0 Å². The number of aliphatic hydroxyl groups is 1. The van der Waals surface area contributed by atoms with E-state index in [0.29, 0.717) is 17.7 Å². The first kappa shape index (κ1) is 15.6. The number of nitrogens with one attached hydrogen (secondary N) is 1. The van der Waals surface area contributed by atoms with Crippen LogP contribution in [0.4, 0.5) is 0 Å². The number of aryl methyl sites for hydroxylation is 1. The number of carbonyl (C=O) groups excluding carboxylic acids is 1. The first-order chi connectivity index (χ1) is 10.1. The van der Waals surface area contributed by atoms with Gasteiger partial charge < -0.3 is 15.2 Å². The highest BCUT2D eigenvalue weighted by Gasteiger charge is 2.31. The van der Waals surface area contributed by atoms with E-state index in [1.54, 1.807) is 6.07 Å². The molecule has 0 aromatic heterocycles. The summed E-state index contributed by atoms with van der Waals surface area (Å²) >= 11 is 0. The monoisotopic (exact) mass is 287 g/mol. The van der Waals surface area contributed by atoms with Crippen LogP contribution in [0.15, 0.2) is 18.2 Å². The van der Waals surface area contributed by atoms with Crippen LogP contribution < -0.4 is 5.32 Å². The molecule has 1 aliphatic carbocycles. The summed E-state index contributed by atoms with van der Waals surface area (Å²) in [5.41, 5.74) is 2.25.